The third kappa shape index (κ3) is 9.04. The van der Waals surface area contributed by atoms with Crippen LogP contribution >= 0.6 is 24.0 Å². The largest absolute Gasteiger partial charge is 0.357 e. The third-order valence-corrected chi connectivity index (χ3v) is 3.45. The van der Waals surface area contributed by atoms with E-state index in [-0.39, 0.29) is 47.8 Å². The van der Waals surface area contributed by atoms with Crippen LogP contribution in [0.4, 0.5) is 4.39 Å². The molecule has 0 aromatic heterocycles. The van der Waals surface area contributed by atoms with Crippen LogP contribution in [0.5, 0.6) is 0 Å². The van der Waals surface area contributed by atoms with Gasteiger partial charge in [0, 0.05) is 19.0 Å². The highest BCUT2D eigenvalue weighted by atomic mass is 127. The zero-order valence-electron chi connectivity index (χ0n) is 15.6. The van der Waals surface area contributed by atoms with E-state index in [0.717, 1.165) is 5.56 Å². The molecular weight excluding hydrogens is 434 g/mol. The van der Waals surface area contributed by atoms with Gasteiger partial charge in [0.25, 0.3) is 0 Å². The number of carbonyl (C=O) groups excluding carboxylic acids is 1. The van der Waals surface area contributed by atoms with Crippen molar-refractivity contribution in [3.05, 3.63) is 35.1 Å². The molecule has 0 spiro atoms. The van der Waals surface area contributed by atoms with E-state index in [1.807, 2.05) is 33.8 Å². The minimum Gasteiger partial charge on any atom is -0.357 e. The number of aryl methyl sites for hydroxylation is 1. The first-order valence-electron chi connectivity index (χ1n) is 8.43. The molecule has 1 atom stereocenters. The maximum atomic E-state index is 13.7. The Morgan fingerprint density at radius 1 is 1.24 bits per heavy atom. The number of benzene rings is 1. The molecule has 0 aliphatic rings. The van der Waals surface area contributed by atoms with Crippen LogP contribution < -0.4 is 16.0 Å². The number of hydrogen-bond acceptors (Lipinski definition) is 2. The van der Waals surface area contributed by atoms with Crippen molar-refractivity contribution in [1.29, 1.82) is 0 Å². The van der Waals surface area contributed by atoms with Crippen molar-refractivity contribution in [2.75, 3.05) is 13.1 Å². The fourth-order valence-electron chi connectivity index (χ4n) is 2.15. The second-order valence-electron chi connectivity index (χ2n) is 6.11. The number of nitrogens with zero attached hydrogens (tertiary/aromatic N) is 1. The fourth-order valence-corrected chi connectivity index (χ4v) is 2.15. The Kier molecular flexibility index (Phi) is 11.4. The van der Waals surface area contributed by atoms with Crippen LogP contribution in [0.15, 0.2) is 23.2 Å². The summed E-state index contributed by atoms with van der Waals surface area (Å²) in [5.74, 6) is 0.384. The molecule has 142 valence electrons. The van der Waals surface area contributed by atoms with E-state index in [1.165, 1.54) is 6.07 Å². The minimum atomic E-state index is -0.214. The number of halogens is 2. The molecule has 1 amide bonds. The molecule has 0 bridgehead atoms. The van der Waals surface area contributed by atoms with Gasteiger partial charge < -0.3 is 16.0 Å². The lowest BCUT2D eigenvalue weighted by molar-refractivity contribution is -0.121. The second-order valence-corrected chi connectivity index (χ2v) is 6.11. The van der Waals surface area contributed by atoms with Crippen LogP contribution in [0.3, 0.4) is 0 Å². The van der Waals surface area contributed by atoms with E-state index < -0.39 is 0 Å². The van der Waals surface area contributed by atoms with Gasteiger partial charge >= 0.3 is 0 Å². The van der Waals surface area contributed by atoms with Crippen molar-refractivity contribution >= 4 is 35.8 Å². The quantitative estimate of drug-likeness (QED) is 0.330. The first kappa shape index (κ1) is 23.6. The predicted molar refractivity (Wildman–Crippen MR) is 112 cm³/mol. The maximum absolute atomic E-state index is 13.7. The molecule has 1 aromatic rings. The van der Waals surface area contributed by atoms with Gasteiger partial charge in [-0.05, 0) is 51.8 Å². The number of amides is 1. The highest BCUT2D eigenvalue weighted by molar-refractivity contribution is 14.0. The fraction of sp³-hybridized carbons (Fsp3) is 0.556. The van der Waals surface area contributed by atoms with E-state index in [4.69, 9.17) is 0 Å². The smallest absolute Gasteiger partial charge is 0.222 e. The van der Waals surface area contributed by atoms with Crippen LogP contribution in [0, 0.1) is 12.7 Å². The van der Waals surface area contributed by atoms with Crippen molar-refractivity contribution in [2.24, 2.45) is 4.99 Å². The first-order valence-corrected chi connectivity index (χ1v) is 8.43. The lowest BCUT2D eigenvalue weighted by atomic mass is 10.1. The van der Waals surface area contributed by atoms with Gasteiger partial charge in [-0.3, -0.25) is 9.79 Å². The van der Waals surface area contributed by atoms with E-state index in [1.54, 1.807) is 13.0 Å². The van der Waals surface area contributed by atoms with E-state index >= 15 is 0 Å². The van der Waals surface area contributed by atoms with Gasteiger partial charge in [0.1, 0.15) is 5.82 Å². The molecule has 0 aliphatic carbocycles. The minimum absolute atomic E-state index is 0. The zero-order valence-corrected chi connectivity index (χ0v) is 18.0. The Balaban J connectivity index is 0.00000576. The van der Waals surface area contributed by atoms with Crippen molar-refractivity contribution in [1.82, 2.24) is 16.0 Å². The number of guanidine groups is 1. The van der Waals surface area contributed by atoms with Crippen LogP contribution in [-0.4, -0.2) is 31.0 Å². The summed E-state index contributed by atoms with van der Waals surface area (Å²) >= 11 is 0. The topological polar surface area (TPSA) is 65.5 Å². The second kappa shape index (κ2) is 12.1. The molecule has 0 radical (unpaired) electrons. The van der Waals surface area contributed by atoms with Crippen molar-refractivity contribution < 1.29 is 9.18 Å². The van der Waals surface area contributed by atoms with Gasteiger partial charge in [-0.1, -0.05) is 12.1 Å². The van der Waals surface area contributed by atoms with Crippen LogP contribution in [0.1, 0.15) is 51.3 Å². The molecule has 25 heavy (non-hydrogen) atoms. The Morgan fingerprint density at radius 3 is 2.48 bits per heavy atom. The summed E-state index contributed by atoms with van der Waals surface area (Å²) in [6, 6.07) is 5.23. The molecule has 1 aromatic carbocycles. The molecule has 0 saturated heterocycles. The summed E-state index contributed by atoms with van der Waals surface area (Å²) in [5.41, 5.74) is 1.48. The molecular formula is C18H30FIN4O. The highest BCUT2D eigenvalue weighted by Crippen LogP contribution is 2.16. The molecule has 1 unspecified atom stereocenters. The molecule has 0 saturated carbocycles. The Labute approximate surface area is 167 Å². The van der Waals surface area contributed by atoms with E-state index in [2.05, 4.69) is 20.9 Å². The Hall–Kier alpha value is -1.38. The van der Waals surface area contributed by atoms with Crippen LogP contribution in [0.25, 0.3) is 0 Å². The lowest BCUT2D eigenvalue weighted by Crippen LogP contribution is -2.39. The molecule has 0 aliphatic heterocycles. The standard InChI is InChI=1S/C18H29FN4O.HI/c1-6-20-18(21-10-9-17(24)22-12(2)3)23-14(5)15-8-7-13(4)16(19)11-15;/h7-8,11-12,14H,6,9-10H2,1-5H3,(H,22,24)(H2,20,21,23);1H. The van der Waals surface area contributed by atoms with Gasteiger partial charge in [0.2, 0.25) is 5.91 Å². The summed E-state index contributed by atoms with van der Waals surface area (Å²) in [4.78, 5) is 16.0. The first-order chi connectivity index (χ1) is 11.3. The normalized spacial score (nSPS) is 12.4. The van der Waals surface area contributed by atoms with Gasteiger partial charge in [0.05, 0.1) is 12.6 Å². The summed E-state index contributed by atoms with van der Waals surface area (Å²) in [6.45, 7) is 10.6. The predicted octanol–water partition coefficient (Wildman–Crippen LogP) is 3.28. The Bertz CT molecular complexity index is 578. The summed E-state index contributed by atoms with van der Waals surface area (Å²) in [7, 11) is 0. The summed E-state index contributed by atoms with van der Waals surface area (Å²) in [6.07, 6.45) is 0.336. The van der Waals surface area contributed by atoms with Crippen LogP contribution in [0.2, 0.25) is 0 Å². The number of hydrogen-bond donors (Lipinski definition) is 3. The SMILES string of the molecule is CCNC(=NCCC(=O)NC(C)C)NC(C)c1ccc(C)c(F)c1.I. The van der Waals surface area contributed by atoms with Crippen molar-refractivity contribution in [2.45, 2.75) is 53.1 Å². The van der Waals surface area contributed by atoms with Crippen molar-refractivity contribution in [3.8, 4) is 0 Å². The van der Waals surface area contributed by atoms with E-state index in [9.17, 15) is 9.18 Å². The summed E-state index contributed by atoms with van der Waals surface area (Å²) in [5, 5.41) is 9.21. The average Bonchev–Trinajstić information content (AvgIpc) is 2.49. The summed E-state index contributed by atoms with van der Waals surface area (Å²) < 4.78 is 13.7. The number of aliphatic imine (C=N–C) groups is 1. The Morgan fingerprint density at radius 2 is 1.92 bits per heavy atom. The molecule has 3 N–H and O–H groups in total. The zero-order chi connectivity index (χ0) is 18.1. The van der Waals surface area contributed by atoms with E-state index in [0.29, 0.717) is 31.0 Å². The van der Waals surface area contributed by atoms with Crippen LogP contribution in [-0.2, 0) is 4.79 Å². The molecule has 5 nitrogen and oxygen atoms in total. The van der Waals surface area contributed by atoms with Gasteiger partial charge in [0.15, 0.2) is 5.96 Å². The number of nitrogens with one attached hydrogen (secondary N) is 3. The van der Waals surface area contributed by atoms with Gasteiger partial charge in [-0.25, -0.2) is 4.39 Å². The average molecular weight is 464 g/mol. The van der Waals surface area contributed by atoms with Crippen molar-refractivity contribution in [3.63, 3.8) is 0 Å². The molecule has 0 fully saturated rings. The highest BCUT2D eigenvalue weighted by Gasteiger charge is 2.10. The monoisotopic (exact) mass is 464 g/mol. The number of carbonyl (C=O) groups is 1. The third-order valence-electron chi connectivity index (χ3n) is 3.45. The molecule has 1 rings (SSSR count). The lowest BCUT2D eigenvalue weighted by Gasteiger charge is -2.18. The van der Waals surface area contributed by atoms with Gasteiger partial charge in [-0.2, -0.15) is 0 Å². The molecule has 0 heterocycles. The van der Waals surface area contributed by atoms with Gasteiger partial charge in [-0.15, -0.1) is 24.0 Å². The number of rotatable bonds is 7. The molecule has 7 heteroatoms. The maximum Gasteiger partial charge on any atom is 0.222 e.